The quantitative estimate of drug-likeness (QED) is 0.829. The maximum Gasteiger partial charge on any atom is 0.417 e. The number of alkyl halides is 3. The van der Waals surface area contributed by atoms with E-state index in [-0.39, 0.29) is 24.8 Å². The zero-order valence-corrected chi connectivity index (χ0v) is 12.3. The van der Waals surface area contributed by atoms with Crippen molar-refractivity contribution in [3.63, 3.8) is 0 Å². The first-order valence-corrected chi connectivity index (χ1v) is 7.01. The minimum atomic E-state index is -4.65. The molecular formula is C13H15ClF3N3O2. The van der Waals surface area contributed by atoms with Crippen LogP contribution in [0.3, 0.4) is 0 Å². The molecule has 9 heteroatoms. The van der Waals surface area contributed by atoms with E-state index in [2.05, 4.69) is 10.3 Å². The lowest BCUT2D eigenvalue weighted by molar-refractivity contribution is -0.272. The summed E-state index contributed by atoms with van der Waals surface area (Å²) in [6, 6.07) is 3.18. The molecule has 1 saturated heterocycles. The van der Waals surface area contributed by atoms with Gasteiger partial charge in [0.25, 0.3) is 0 Å². The van der Waals surface area contributed by atoms with Crippen LogP contribution in [0, 0.1) is 0 Å². The highest BCUT2D eigenvalue weighted by molar-refractivity contribution is 6.32. The van der Waals surface area contributed by atoms with Crippen LogP contribution < -0.4 is 5.32 Å². The molecule has 2 rings (SSSR count). The molecule has 0 bridgehead atoms. The number of likely N-dealkylation sites (tertiary alicyclic amines) is 1. The molecule has 1 aliphatic rings. The van der Waals surface area contributed by atoms with Gasteiger partial charge >= 0.3 is 6.18 Å². The zero-order chi connectivity index (χ0) is 16.4. The van der Waals surface area contributed by atoms with Crippen LogP contribution in [-0.2, 0) is 4.79 Å². The first-order valence-electron chi connectivity index (χ1n) is 6.63. The van der Waals surface area contributed by atoms with Gasteiger partial charge in [0.1, 0.15) is 0 Å². The van der Waals surface area contributed by atoms with Gasteiger partial charge in [-0.1, -0.05) is 11.6 Å². The predicted octanol–water partition coefficient (Wildman–Crippen LogP) is 2.06. The molecule has 1 amide bonds. The Bertz CT molecular complexity index is 546. The van der Waals surface area contributed by atoms with Crippen LogP contribution in [0.25, 0.3) is 0 Å². The molecule has 0 spiro atoms. The van der Waals surface area contributed by atoms with Crippen LogP contribution in [0.4, 0.5) is 18.9 Å². The van der Waals surface area contributed by atoms with E-state index >= 15 is 0 Å². The summed E-state index contributed by atoms with van der Waals surface area (Å²) in [4.78, 5) is 17.2. The molecule has 1 aliphatic heterocycles. The maximum atomic E-state index is 12.7. The Balaban J connectivity index is 1.86. The number of aromatic nitrogens is 1. The van der Waals surface area contributed by atoms with Gasteiger partial charge in [0, 0.05) is 19.3 Å². The molecule has 0 saturated carbocycles. The monoisotopic (exact) mass is 337 g/mol. The Morgan fingerprint density at radius 1 is 1.45 bits per heavy atom. The molecule has 1 aromatic heterocycles. The third kappa shape index (κ3) is 3.88. The highest BCUT2D eigenvalue weighted by Gasteiger charge is 2.54. The Hall–Kier alpha value is -1.38. The van der Waals surface area contributed by atoms with Crippen molar-refractivity contribution >= 4 is 23.2 Å². The van der Waals surface area contributed by atoms with Crippen molar-refractivity contribution in [2.24, 2.45) is 0 Å². The lowest BCUT2D eigenvalue weighted by atomic mass is 9.91. The third-order valence-electron chi connectivity index (χ3n) is 3.61. The number of piperidine rings is 1. The number of hydrogen-bond donors (Lipinski definition) is 2. The van der Waals surface area contributed by atoms with Gasteiger partial charge < -0.3 is 10.4 Å². The Morgan fingerprint density at radius 2 is 2.09 bits per heavy atom. The average molecular weight is 338 g/mol. The molecule has 1 fully saturated rings. The Labute approximate surface area is 130 Å². The summed E-state index contributed by atoms with van der Waals surface area (Å²) < 4.78 is 38.0. The number of aliphatic hydroxyl groups is 1. The van der Waals surface area contributed by atoms with Crippen molar-refractivity contribution in [2.45, 2.75) is 24.6 Å². The van der Waals surface area contributed by atoms with Crippen LogP contribution in [0.2, 0.25) is 5.15 Å². The standard InChI is InChI=1S/C13H15ClF3N3O2/c14-11-9(2-1-5-18-11)19-10(21)8-20-6-3-12(22,4-7-20)13(15,16)17/h1-2,5,22H,3-4,6-8H2,(H,19,21). The van der Waals surface area contributed by atoms with Crippen molar-refractivity contribution in [1.82, 2.24) is 9.88 Å². The number of amides is 1. The van der Waals surface area contributed by atoms with Crippen molar-refractivity contribution in [2.75, 3.05) is 25.0 Å². The summed E-state index contributed by atoms with van der Waals surface area (Å²) in [5.74, 6) is -0.396. The topological polar surface area (TPSA) is 65.5 Å². The van der Waals surface area contributed by atoms with E-state index in [1.807, 2.05) is 0 Å². The second kappa shape index (κ2) is 6.39. The molecule has 0 aliphatic carbocycles. The predicted molar refractivity (Wildman–Crippen MR) is 74.6 cm³/mol. The van der Waals surface area contributed by atoms with Gasteiger partial charge in [0.15, 0.2) is 10.8 Å². The first kappa shape index (κ1) is 17.0. The molecule has 0 unspecified atom stereocenters. The summed E-state index contributed by atoms with van der Waals surface area (Å²) in [7, 11) is 0. The SMILES string of the molecule is O=C(CN1CCC(O)(C(F)(F)F)CC1)Nc1cccnc1Cl. The maximum absolute atomic E-state index is 12.7. The van der Waals surface area contributed by atoms with E-state index in [1.54, 1.807) is 17.0 Å². The van der Waals surface area contributed by atoms with Gasteiger partial charge in [-0.3, -0.25) is 9.69 Å². The van der Waals surface area contributed by atoms with Gasteiger partial charge in [-0.15, -0.1) is 0 Å². The minimum absolute atomic E-state index is 0.00972. The van der Waals surface area contributed by atoms with Crippen molar-refractivity contribution in [1.29, 1.82) is 0 Å². The van der Waals surface area contributed by atoms with Crippen LogP contribution in [0.1, 0.15) is 12.8 Å². The van der Waals surface area contributed by atoms with E-state index in [0.717, 1.165) is 0 Å². The average Bonchev–Trinajstić information content (AvgIpc) is 2.43. The number of carbonyl (C=O) groups is 1. The number of nitrogens with one attached hydrogen (secondary N) is 1. The largest absolute Gasteiger partial charge is 0.417 e. The summed E-state index contributed by atoms with van der Waals surface area (Å²) in [6.45, 7) is -0.0897. The zero-order valence-electron chi connectivity index (χ0n) is 11.5. The number of carbonyl (C=O) groups excluding carboxylic acids is 1. The van der Waals surface area contributed by atoms with Gasteiger partial charge in [-0.05, 0) is 25.0 Å². The van der Waals surface area contributed by atoms with Gasteiger partial charge in [0.05, 0.1) is 12.2 Å². The second-order valence-corrected chi connectivity index (χ2v) is 5.55. The highest BCUT2D eigenvalue weighted by Crippen LogP contribution is 2.38. The number of anilines is 1. The smallest absolute Gasteiger partial charge is 0.380 e. The van der Waals surface area contributed by atoms with E-state index in [1.165, 1.54) is 6.20 Å². The van der Waals surface area contributed by atoms with Crippen molar-refractivity contribution in [3.8, 4) is 0 Å². The van der Waals surface area contributed by atoms with Crippen molar-refractivity contribution in [3.05, 3.63) is 23.5 Å². The molecule has 0 radical (unpaired) electrons. The third-order valence-corrected chi connectivity index (χ3v) is 3.91. The van der Waals surface area contributed by atoms with Gasteiger partial charge in [0.2, 0.25) is 5.91 Å². The summed E-state index contributed by atoms with van der Waals surface area (Å²) >= 11 is 5.80. The summed E-state index contributed by atoms with van der Waals surface area (Å²) in [5, 5.41) is 12.2. The van der Waals surface area contributed by atoms with Crippen LogP contribution in [0.15, 0.2) is 18.3 Å². The minimum Gasteiger partial charge on any atom is -0.380 e. The fourth-order valence-corrected chi connectivity index (χ4v) is 2.40. The van der Waals surface area contributed by atoms with Crippen molar-refractivity contribution < 1.29 is 23.1 Å². The molecule has 1 aromatic rings. The fraction of sp³-hybridized carbons (Fsp3) is 0.538. The second-order valence-electron chi connectivity index (χ2n) is 5.20. The molecule has 5 nitrogen and oxygen atoms in total. The molecule has 22 heavy (non-hydrogen) atoms. The summed E-state index contributed by atoms with van der Waals surface area (Å²) in [5.41, 5.74) is -2.31. The van der Waals surface area contributed by atoms with Gasteiger partial charge in [-0.2, -0.15) is 13.2 Å². The number of pyridine rings is 1. The number of rotatable bonds is 3. The van der Waals surface area contributed by atoms with E-state index in [4.69, 9.17) is 11.6 Å². The number of halogens is 4. The van der Waals surface area contributed by atoms with Gasteiger partial charge in [-0.25, -0.2) is 4.98 Å². The number of hydrogen-bond acceptors (Lipinski definition) is 4. The molecular weight excluding hydrogens is 323 g/mol. The number of nitrogens with zero attached hydrogens (tertiary/aromatic N) is 2. The fourth-order valence-electron chi connectivity index (χ4n) is 2.24. The first-order chi connectivity index (χ1) is 10.2. The van der Waals surface area contributed by atoms with Crippen LogP contribution >= 0.6 is 11.6 Å². The lowest BCUT2D eigenvalue weighted by Gasteiger charge is -2.38. The van der Waals surface area contributed by atoms with E-state index < -0.39 is 30.5 Å². The Morgan fingerprint density at radius 3 is 2.64 bits per heavy atom. The normalized spacial score (nSPS) is 19.0. The highest BCUT2D eigenvalue weighted by atomic mass is 35.5. The molecule has 0 atom stereocenters. The molecule has 2 N–H and O–H groups in total. The lowest BCUT2D eigenvalue weighted by Crippen LogP contribution is -2.54. The van der Waals surface area contributed by atoms with Crippen LogP contribution in [0.5, 0.6) is 0 Å². The van der Waals surface area contributed by atoms with E-state index in [9.17, 15) is 23.1 Å². The van der Waals surface area contributed by atoms with E-state index in [0.29, 0.717) is 5.69 Å². The molecule has 122 valence electrons. The van der Waals surface area contributed by atoms with Crippen LogP contribution in [-0.4, -0.2) is 52.3 Å². The summed E-state index contributed by atoms with van der Waals surface area (Å²) in [6.07, 6.45) is -4.07. The Kier molecular flexibility index (Phi) is 4.93. The molecule has 0 aromatic carbocycles. The molecule has 2 heterocycles.